The summed E-state index contributed by atoms with van der Waals surface area (Å²) in [5.41, 5.74) is 6.32. The van der Waals surface area contributed by atoms with Gasteiger partial charge in [-0.2, -0.15) is 0 Å². The Kier molecular flexibility index (Phi) is 8.25. The highest BCUT2D eigenvalue weighted by Crippen LogP contribution is 2.25. The summed E-state index contributed by atoms with van der Waals surface area (Å²) in [6, 6.07) is 18.5. The fourth-order valence-corrected chi connectivity index (χ4v) is 4.83. The van der Waals surface area contributed by atoms with Crippen LogP contribution in [0, 0.1) is 0 Å². The monoisotopic (exact) mass is 478 g/mol. The third-order valence-corrected chi connectivity index (χ3v) is 6.85. The van der Waals surface area contributed by atoms with Crippen molar-refractivity contribution < 1.29 is 9.59 Å². The van der Waals surface area contributed by atoms with Gasteiger partial charge < -0.3 is 10.2 Å². The zero-order valence-electron chi connectivity index (χ0n) is 21.1. The van der Waals surface area contributed by atoms with E-state index in [1.165, 1.54) is 5.69 Å². The lowest BCUT2D eigenvalue weighted by atomic mass is 9.94. The zero-order valence-corrected chi connectivity index (χ0v) is 21.1. The van der Waals surface area contributed by atoms with Crippen molar-refractivity contribution in [1.29, 1.82) is 0 Å². The minimum Gasteiger partial charge on any atom is -0.369 e. The second kappa shape index (κ2) is 11.6. The molecule has 2 aromatic carbocycles. The summed E-state index contributed by atoms with van der Waals surface area (Å²) in [5.74, 6) is -0.00300. The summed E-state index contributed by atoms with van der Waals surface area (Å²) in [6.07, 6.45) is 0.815. The normalized spacial score (nSPS) is 17.8. The molecule has 1 atom stereocenters. The molecule has 35 heavy (non-hydrogen) atoms. The van der Waals surface area contributed by atoms with E-state index < -0.39 is 0 Å². The molecular formula is C27H38N6O2. The van der Waals surface area contributed by atoms with Crippen molar-refractivity contribution in [3.63, 3.8) is 0 Å². The molecule has 0 saturated carbocycles. The van der Waals surface area contributed by atoms with Gasteiger partial charge in [0.15, 0.2) is 0 Å². The first kappa shape index (κ1) is 25.0. The maximum atomic E-state index is 12.7. The van der Waals surface area contributed by atoms with Gasteiger partial charge in [-0.05, 0) is 63.6 Å². The Morgan fingerprint density at radius 1 is 0.971 bits per heavy atom. The van der Waals surface area contributed by atoms with Gasteiger partial charge in [-0.3, -0.25) is 19.6 Å². The number of urea groups is 1. The van der Waals surface area contributed by atoms with Crippen LogP contribution in [0.4, 0.5) is 16.2 Å². The standard InChI is InChI=1S/C27H38N6O2/c1-4-28-26(34)25(22-8-6-5-7-9-22)14-15-30-16-18-31(19-17-30)23-10-12-24(13-11-23)32-20-29-33(21(2)3)27(32)35/h5-13,21,25,29H,4,14-20H2,1-3H3,(H,28,34). The van der Waals surface area contributed by atoms with Crippen molar-refractivity contribution >= 4 is 23.3 Å². The highest BCUT2D eigenvalue weighted by atomic mass is 16.2. The number of carbonyl (C=O) groups is 2. The third kappa shape index (κ3) is 5.94. The summed E-state index contributed by atoms with van der Waals surface area (Å²) in [4.78, 5) is 31.9. The van der Waals surface area contributed by atoms with Crippen LogP contribution >= 0.6 is 0 Å². The molecule has 2 aliphatic heterocycles. The van der Waals surface area contributed by atoms with Crippen LogP contribution in [-0.2, 0) is 4.79 Å². The minimum atomic E-state index is -0.115. The maximum Gasteiger partial charge on any atom is 0.340 e. The molecule has 3 amide bonds. The van der Waals surface area contributed by atoms with Crippen LogP contribution in [0.3, 0.4) is 0 Å². The minimum absolute atomic E-state index is 0.0113. The summed E-state index contributed by atoms with van der Waals surface area (Å²) in [6.45, 7) is 11.8. The maximum absolute atomic E-state index is 12.7. The first-order valence-electron chi connectivity index (χ1n) is 12.7. The molecule has 2 fully saturated rings. The molecule has 2 aromatic rings. The van der Waals surface area contributed by atoms with E-state index in [0.29, 0.717) is 13.2 Å². The van der Waals surface area contributed by atoms with E-state index in [0.717, 1.165) is 50.4 Å². The predicted octanol–water partition coefficient (Wildman–Crippen LogP) is 3.23. The smallest absolute Gasteiger partial charge is 0.340 e. The Labute approximate surface area is 208 Å². The molecule has 8 heteroatoms. The van der Waals surface area contributed by atoms with E-state index >= 15 is 0 Å². The summed E-state index contributed by atoms with van der Waals surface area (Å²) in [7, 11) is 0. The lowest BCUT2D eigenvalue weighted by Gasteiger charge is -2.36. The summed E-state index contributed by atoms with van der Waals surface area (Å²) in [5, 5.41) is 4.67. The topological polar surface area (TPSA) is 71.2 Å². The van der Waals surface area contributed by atoms with Crippen molar-refractivity contribution in [3.05, 3.63) is 60.2 Å². The molecule has 188 valence electrons. The number of anilines is 2. The fraction of sp³-hybridized carbons (Fsp3) is 0.481. The number of hydrazine groups is 1. The van der Waals surface area contributed by atoms with E-state index in [2.05, 4.69) is 32.7 Å². The average molecular weight is 479 g/mol. The van der Waals surface area contributed by atoms with Crippen LogP contribution in [0.25, 0.3) is 0 Å². The zero-order chi connectivity index (χ0) is 24.8. The molecule has 1 unspecified atom stereocenters. The van der Waals surface area contributed by atoms with E-state index in [-0.39, 0.29) is 23.9 Å². The second-order valence-electron chi connectivity index (χ2n) is 9.48. The molecule has 2 aliphatic rings. The number of hydrogen-bond donors (Lipinski definition) is 2. The molecule has 8 nitrogen and oxygen atoms in total. The Bertz CT molecular complexity index is 973. The Morgan fingerprint density at radius 3 is 2.23 bits per heavy atom. The molecule has 0 aliphatic carbocycles. The Hall–Kier alpha value is -3.10. The molecule has 0 radical (unpaired) electrons. The number of likely N-dealkylation sites (N-methyl/N-ethyl adjacent to an activating group) is 1. The van der Waals surface area contributed by atoms with Crippen LogP contribution in [0.5, 0.6) is 0 Å². The number of nitrogens with zero attached hydrogens (tertiary/aromatic N) is 4. The predicted molar refractivity (Wildman–Crippen MR) is 140 cm³/mol. The van der Waals surface area contributed by atoms with E-state index in [4.69, 9.17) is 0 Å². The number of benzene rings is 2. The van der Waals surface area contributed by atoms with Gasteiger partial charge in [0.1, 0.15) is 0 Å². The number of nitrogens with one attached hydrogen (secondary N) is 2. The lowest BCUT2D eigenvalue weighted by molar-refractivity contribution is -0.122. The quantitative estimate of drug-likeness (QED) is 0.579. The summed E-state index contributed by atoms with van der Waals surface area (Å²) < 4.78 is 0. The number of piperazine rings is 1. The van der Waals surface area contributed by atoms with Crippen LogP contribution in [0.15, 0.2) is 54.6 Å². The number of rotatable bonds is 9. The van der Waals surface area contributed by atoms with Crippen molar-refractivity contribution in [1.82, 2.24) is 20.7 Å². The SMILES string of the molecule is CCNC(=O)C(CCN1CCN(c2ccc(N3CNN(C(C)C)C3=O)cc2)CC1)c1ccccc1. The Balaban J connectivity index is 1.29. The van der Waals surface area contributed by atoms with Crippen molar-refractivity contribution in [2.75, 3.05) is 55.7 Å². The largest absolute Gasteiger partial charge is 0.369 e. The number of amides is 3. The van der Waals surface area contributed by atoms with Gasteiger partial charge in [-0.15, -0.1) is 0 Å². The molecule has 0 bridgehead atoms. The van der Waals surface area contributed by atoms with Crippen molar-refractivity contribution in [3.8, 4) is 0 Å². The molecule has 2 heterocycles. The first-order chi connectivity index (χ1) is 17.0. The highest BCUT2D eigenvalue weighted by Gasteiger charge is 2.31. The molecule has 0 spiro atoms. The van der Waals surface area contributed by atoms with Gasteiger partial charge in [0.05, 0.1) is 12.6 Å². The average Bonchev–Trinajstić information content (AvgIpc) is 3.27. The van der Waals surface area contributed by atoms with E-state index in [1.54, 1.807) is 9.91 Å². The molecule has 4 rings (SSSR count). The van der Waals surface area contributed by atoms with Gasteiger partial charge in [-0.1, -0.05) is 30.3 Å². The second-order valence-corrected chi connectivity index (χ2v) is 9.48. The van der Waals surface area contributed by atoms with Crippen LogP contribution in [0.2, 0.25) is 0 Å². The van der Waals surface area contributed by atoms with Crippen molar-refractivity contribution in [2.45, 2.75) is 39.2 Å². The van der Waals surface area contributed by atoms with Crippen LogP contribution < -0.4 is 20.5 Å². The molecular weight excluding hydrogens is 440 g/mol. The lowest BCUT2D eigenvalue weighted by Crippen LogP contribution is -2.47. The number of carbonyl (C=O) groups excluding carboxylic acids is 2. The van der Waals surface area contributed by atoms with Gasteiger partial charge in [0.25, 0.3) is 0 Å². The number of hydrogen-bond acceptors (Lipinski definition) is 5. The van der Waals surface area contributed by atoms with Gasteiger partial charge in [0, 0.05) is 50.1 Å². The fourth-order valence-electron chi connectivity index (χ4n) is 4.83. The van der Waals surface area contributed by atoms with E-state index in [9.17, 15) is 9.59 Å². The van der Waals surface area contributed by atoms with E-state index in [1.807, 2.05) is 63.2 Å². The van der Waals surface area contributed by atoms with Crippen molar-refractivity contribution in [2.24, 2.45) is 0 Å². The third-order valence-electron chi connectivity index (χ3n) is 6.85. The first-order valence-corrected chi connectivity index (χ1v) is 12.7. The summed E-state index contributed by atoms with van der Waals surface area (Å²) >= 11 is 0. The molecule has 2 N–H and O–H groups in total. The van der Waals surface area contributed by atoms with Gasteiger partial charge in [-0.25, -0.2) is 10.2 Å². The van der Waals surface area contributed by atoms with Crippen LogP contribution in [-0.4, -0.2) is 73.8 Å². The van der Waals surface area contributed by atoms with Crippen LogP contribution in [0.1, 0.15) is 38.7 Å². The highest BCUT2D eigenvalue weighted by molar-refractivity contribution is 5.93. The molecule has 0 aromatic heterocycles. The molecule has 2 saturated heterocycles. The Morgan fingerprint density at radius 2 is 1.63 bits per heavy atom. The van der Waals surface area contributed by atoms with Gasteiger partial charge >= 0.3 is 6.03 Å². The van der Waals surface area contributed by atoms with Gasteiger partial charge in [0.2, 0.25) is 5.91 Å².